The Hall–Kier alpha value is -2.69. The van der Waals surface area contributed by atoms with E-state index >= 15 is 0 Å². The van der Waals surface area contributed by atoms with E-state index in [9.17, 15) is 4.79 Å². The van der Waals surface area contributed by atoms with Crippen LogP contribution in [-0.4, -0.2) is 21.1 Å². The van der Waals surface area contributed by atoms with Crippen molar-refractivity contribution in [2.24, 2.45) is 0 Å². The molecule has 0 bridgehead atoms. The molecule has 3 rings (SSSR count). The van der Waals surface area contributed by atoms with E-state index in [0.717, 1.165) is 12.0 Å². The molecule has 88 valence electrons. The lowest BCUT2D eigenvalue weighted by molar-refractivity contribution is 0.112. The molecule has 0 atom stereocenters. The molecular weight excluding hydrogens is 230 g/mol. The smallest absolute Gasteiger partial charge is 0.154 e. The van der Waals surface area contributed by atoms with Crippen molar-refractivity contribution < 1.29 is 9.21 Å². The van der Waals surface area contributed by atoms with Crippen LogP contribution in [0.3, 0.4) is 0 Å². The van der Waals surface area contributed by atoms with Gasteiger partial charge in [0.1, 0.15) is 5.69 Å². The van der Waals surface area contributed by atoms with Crippen LogP contribution in [-0.2, 0) is 0 Å². The van der Waals surface area contributed by atoms with Crippen molar-refractivity contribution in [2.75, 3.05) is 0 Å². The van der Waals surface area contributed by atoms with Crippen LogP contribution in [0.1, 0.15) is 10.4 Å². The molecule has 0 spiro atoms. The zero-order valence-corrected chi connectivity index (χ0v) is 9.35. The maximum absolute atomic E-state index is 11.1. The van der Waals surface area contributed by atoms with Crippen molar-refractivity contribution in [3.63, 3.8) is 0 Å². The van der Waals surface area contributed by atoms with Gasteiger partial charge in [-0.25, -0.2) is 4.68 Å². The van der Waals surface area contributed by atoms with Crippen molar-refractivity contribution in [3.8, 4) is 17.1 Å². The second kappa shape index (κ2) is 4.29. The van der Waals surface area contributed by atoms with E-state index in [1.807, 2.05) is 12.1 Å². The quantitative estimate of drug-likeness (QED) is 0.658. The number of aromatic nitrogens is 3. The van der Waals surface area contributed by atoms with Crippen LogP contribution < -0.4 is 0 Å². The first-order chi connectivity index (χ1) is 8.88. The van der Waals surface area contributed by atoms with Crippen LogP contribution in [0.5, 0.6) is 0 Å². The van der Waals surface area contributed by atoms with Crippen LogP contribution in [0.4, 0.5) is 0 Å². The lowest BCUT2D eigenvalue weighted by atomic mass is 10.2. The molecule has 0 amide bonds. The van der Waals surface area contributed by atoms with Crippen LogP contribution in [0.25, 0.3) is 17.1 Å². The fourth-order valence-corrected chi connectivity index (χ4v) is 1.71. The Labute approximate surface area is 103 Å². The van der Waals surface area contributed by atoms with E-state index in [-0.39, 0.29) is 0 Å². The summed E-state index contributed by atoms with van der Waals surface area (Å²) in [5, 5.41) is 4.36. The number of nitrogens with zero attached hydrogens (tertiary/aromatic N) is 3. The summed E-state index contributed by atoms with van der Waals surface area (Å²) in [7, 11) is 0. The third-order valence-electron chi connectivity index (χ3n) is 2.55. The van der Waals surface area contributed by atoms with Gasteiger partial charge in [-0.05, 0) is 24.3 Å². The highest BCUT2D eigenvalue weighted by Gasteiger charge is 2.13. The van der Waals surface area contributed by atoms with Gasteiger partial charge < -0.3 is 4.42 Å². The summed E-state index contributed by atoms with van der Waals surface area (Å²) in [5.74, 6) is 0.574. The molecule has 3 heterocycles. The van der Waals surface area contributed by atoms with E-state index in [1.165, 1.54) is 0 Å². The van der Waals surface area contributed by atoms with Gasteiger partial charge in [-0.15, -0.1) is 0 Å². The van der Waals surface area contributed by atoms with E-state index < -0.39 is 0 Å². The third-order valence-corrected chi connectivity index (χ3v) is 2.55. The highest BCUT2D eigenvalue weighted by Crippen LogP contribution is 2.22. The van der Waals surface area contributed by atoms with E-state index in [0.29, 0.717) is 17.0 Å². The van der Waals surface area contributed by atoms with Gasteiger partial charge in [0, 0.05) is 18.6 Å². The fraction of sp³-hybridized carbons (Fsp3) is 0. The lowest BCUT2D eigenvalue weighted by Crippen LogP contribution is -1.94. The highest BCUT2D eigenvalue weighted by molar-refractivity contribution is 5.84. The summed E-state index contributed by atoms with van der Waals surface area (Å²) in [6, 6.07) is 7.16. The minimum Gasteiger partial charge on any atom is -0.463 e. The van der Waals surface area contributed by atoms with Crippen molar-refractivity contribution in [3.05, 3.63) is 54.7 Å². The molecule has 0 aromatic carbocycles. The minimum atomic E-state index is 0.488. The van der Waals surface area contributed by atoms with Crippen LogP contribution in [0.2, 0.25) is 0 Å². The molecule has 0 unspecified atom stereocenters. The van der Waals surface area contributed by atoms with Gasteiger partial charge in [0.05, 0.1) is 17.5 Å². The van der Waals surface area contributed by atoms with Gasteiger partial charge in [0.2, 0.25) is 0 Å². The van der Waals surface area contributed by atoms with E-state index in [2.05, 4.69) is 10.1 Å². The number of furan rings is 1. The monoisotopic (exact) mass is 239 g/mol. The van der Waals surface area contributed by atoms with E-state index in [4.69, 9.17) is 4.42 Å². The molecule has 0 N–H and O–H groups in total. The summed E-state index contributed by atoms with van der Waals surface area (Å²) in [6.45, 7) is 0. The Balaban J connectivity index is 2.12. The molecule has 0 aliphatic rings. The average Bonchev–Trinajstić information content (AvgIpc) is 3.08. The third kappa shape index (κ3) is 1.71. The first-order valence-electron chi connectivity index (χ1n) is 5.37. The zero-order chi connectivity index (χ0) is 12.4. The normalized spacial score (nSPS) is 10.4. The second-order valence-corrected chi connectivity index (χ2v) is 3.68. The molecule has 0 radical (unpaired) electrons. The molecule has 0 fully saturated rings. The minimum absolute atomic E-state index is 0.488. The van der Waals surface area contributed by atoms with Gasteiger partial charge >= 0.3 is 0 Å². The Kier molecular flexibility index (Phi) is 2.49. The SMILES string of the molecule is O=Cc1cn(-c2ccncc2)nc1-c1ccco1. The Morgan fingerprint density at radius 1 is 1.22 bits per heavy atom. The van der Waals surface area contributed by atoms with Crippen molar-refractivity contribution >= 4 is 6.29 Å². The number of carbonyl (C=O) groups excluding carboxylic acids is 1. The standard InChI is InChI=1S/C13H9N3O2/c17-9-10-8-16(11-3-5-14-6-4-11)15-13(10)12-2-1-7-18-12/h1-9H. The predicted molar refractivity (Wildman–Crippen MR) is 64.4 cm³/mol. The van der Waals surface area contributed by atoms with Gasteiger partial charge in [0.15, 0.2) is 12.0 Å². The summed E-state index contributed by atoms with van der Waals surface area (Å²) in [5.41, 5.74) is 1.86. The number of carbonyl (C=O) groups is 1. The largest absolute Gasteiger partial charge is 0.463 e. The maximum atomic E-state index is 11.1. The number of hydrogen-bond donors (Lipinski definition) is 0. The molecule has 3 aromatic rings. The zero-order valence-electron chi connectivity index (χ0n) is 9.35. The second-order valence-electron chi connectivity index (χ2n) is 3.68. The number of hydrogen-bond acceptors (Lipinski definition) is 4. The van der Waals surface area contributed by atoms with Gasteiger partial charge in [-0.3, -0.25) is 9.78 Å². The molecule has 0 aliphatic heterocycles. The maximum Gasteiger partial charge on any atom is 0.154 e. The molecule has 5 nitrogen and oxygen atoms in total. The highest BCUT2D eigenvalue weighted by atomic mass is 16.3. The predicted octanol–water partition coefficient (Wildman–Crippen LogP) is 2.34. The van der Waals surface area contributed by atoms with Gasteiger partial charge in [-0.1, -0.05) is 0 Å². The summed E-state index contributed by atoms with van der Waals surface area (Å²) in [6.07, 6.45) is 7.33. The Bertz CT molecular complexity index is 657. The van der Waals surface area contributed by atoms with Crippen LogP contribution in [0, 0.1) is 0 Å². The lowest BCUT2D eigenvalue weighted by Gasteiger charge is -1.98. The Morgan fingerprint density at radius 2 is 2.06 bits per heavy atom. The summed E-state index contributed by atoms with van der Waals surface area (Å²) in [4.78, 5) is 15.0. The van der Waals surface area contributed by atoms with Gasteiger partial charge in [0.25, 0.3) is 0 Å². The van der Waals surface area contributed by atoms with Crippen LogP contribution in [0.15, 0.2) is 53.5 Å². The summed E-state index contributed by atoms with van der Waals surface area (Å²) >= 11 is 0. The van der Waals surface area contributed by atoms with Crippen molar-refractivity contribution in [2.45, 2.75) is 0 Å². The van der Waals surface area contributed by atoms with Crippen molar-refractivity contribution in [1.29, 1.82) is 0 Å². The van der Waals surface area contributed by atoms with Crippen LogP contribution >= 0.6 is 0 Å². The number of aldehydes is 1. The molecule has 0 aliphatic carbocycles. The molecule has 5 heteroatoms. The van der Waals surface area contributed by atoms with E-state index in [1.54, 1.807) is 41.7 Å². The summed E-state index contributed by atoms with van der Waals surface area (Å²) < 4.78 is 6.89. The first-order valence-corrected chi connectivity index (χ1v) is 5.37. The van der Waals surface area contributed by atoms with Gasteiger partial charge in [-0.2, -0.15) is 5.10 Å². The fourth-order valence-electron chi connectivity index (χ4n) is 1.71. The molecule has 3 aromatic heterocycles. The number of rotatable bonds is 3. The number of pyridine rings is 1. The molecular formula is C13H9N3O2. The van der Waals surface area contributed by atoms with Crippen molar-refractivity contribution in [1.82, 2.24) is 14.8 Å². The first kappa shape index (κ1) is 10.5. The molecule has 0 saturated carbocycles. The topological polar surface area (TPSA) is 60.9 Å². The Morgan fingerprint density at radius 3 is 2.72 bits per heavy atom. The molecule has 18 heavy (non-hydrogen) atoms. The average molecular weight is 239 g/mol. The molecule has 0 saturated heterocycles.